The van der Waals surface area contributed by atoms with Gasteiger partial charge in [0.25, 0.3) is 0 Å². The van der Waals surface area contributed by atoms with Crippen LogP contribution in [0.4, 0.5) is 10.2 Å². The van der Waals surface area contributed by atoms with Crippen molar-refractivity contribution in [2.24, 2.45) is 5.92 Å². The number of anilines is 1. The van der Waals surface area contributed by atoms with Gasteiger partial charge in [0.1, 0.15) is 29.5 Å². The molecule has 2 N–H and O–H groups in total. The number of hydrogen-bond donors (Lipinski definition) is 2. The van der Waals surface area contributed by atoms with E-state index in [2.05, 4.69) is 21.9 Å². The number of carbonyl (C=O) groups is 1. The second-order valence-electron chi connectivity index (χ2n) is 8.54. The molecule has 1 aliphatic heterocycles. The number of aromatic nitrogens is 2. The molecular formula is C27H28FN5O2. The van der Waals surface area contributed by atoms with Gasteiger partial charge in [0.2, 0.25) is 5.91 Å². The van der Waals surface area contributed by atoms with E-state index in [-0.39, 0.29) is 29.1 Å². The predicted molar refractivity (Wildman–Crippen MR) is 133 cm³/mol. The van der Waals surface area contributed by atoms with Crippen LogP contribution in [-0.4, -0.2) is 45.6 Å². The first-order valence-electron chi connectivity index (χ1n) is 11.6. The van der Waals surface area contributed by atoms with Crippen molar-refractivity contribution in [3.8, 4) is 11.5 Å². The summed E-state index contributed by atoms with van der Waals surface area (Å²) in [6.07, 6.45) is 6.12. The van der Waals surface area contributed by atoms with Gasteiger partial charge in [-0.3, -0.25) is 10.2 Å². The summed E-state index contributed by atoms with van der Waals surface area (Å²) < 4.78 is 20.7. The average Bonchev–Trinajstić information content (AvgIpc) is 2.89. The fourth-order valence-electron chi connectivity index (χ4n) is 4.24. The lowest BCUT2D eigenvalue weighted by atomic mass is 9.91. The largest absolute Gasteiger partial charge is 0.457 e. The predicted octanol–water partition coefficient (Wildman–Crippen LogP) is 5.05. The number of piperidine rings is 1. The summed E-state index contributed by atoms with van der Waals surface area (Å²) in [5.41, 5.74) is 0.484. The van der Waals surface area contributed by atoms with Crippen molar-refractivity contribution in [2.45, 2.75) is 25.8 Å². The Morgan fingerprint density at radius 3 is 2.80 bits per heavy atom. The van der Waals surface area contributed by atoms with Crippen LogP contribution in [-0.2, 0) is 4.79 Å². The zero-order chi connectivity index (χ0) is 24.8. The number of ether oxygens (including phenoxy) is 1. The Morgan fingerprint density at radius 1 is 1.26 bits per heavy atom. The number of carbonyl (C=O) groups excluding carboxylic acids is 1. The Balaban J connectivity index is 1.50. The molecule has 2 atom stereocenters. The molecule has 1 unspecified atom stereocenters. The number of likely N-dealkylation sites (tertiary alicyclic amines) is 1. The lowest BCUT2D eigenvalue weighted by molar-refractivity contribution is -0.127. The first-order chi connectivity index (χ1) is 17.0. The number of nitrogens with zero attached hydrogens (tertiary/aromatic N) is 3. The van der Waals surface area contributed by atoms with E-state index in [1.165, 1.54) is 30.7 Å². The standard InChI is InChI=1S/C27H28FN5O2/c1-3-25(34)33-13-7-8-19(16-33)18(2)32-27-23(15-30-17-31-27)26(29)22-12-11-21(14-24(22)28)35-20-9-5-4-6-10-20/h3-6,9-12,14-15,17-19,29H,1,7-8,13,16H2,2H3,(H,30,31,32)/t18-,19?/m0/s1. The molecule has 7 nitrogen and oxygen atoms in total. The summed E-state index contributed by atoms with van der Waals surface area (Å²) in [4.78, 5) is 22.2. The molecule has 1 fully saturated rings. The number of halogens is 1. The van der Waals surface area contributed by atoms with E-state index in [1.807, 2.05) is 25.1 Å². The molecular weight excluding hydrogens is 445 g/mol. The Morgan fingerprint density at radius 2 is 2.06 bits per heavy atom. The monoisotopic (exact) mass is 473 g/mol. The molecule has 8 heteroatoms. The van der Waals surface area contributed by atoms with Crippen LogP contribution in [0.3, 0.4) is 0 Å². The van der Waals surface area contributed by atoms with Gasteiger partial charge >= 0.3 is 0 Å². The molecule has 1 aliphatic rings. The third-order valence-electron chi connectivity index (χ3n) is 6.19. The molecule has 0 aliphatic carbocycles. The number of nitrogens with one attached hydrogen (secondary N) is 2. The maximum atomic E-state index is 15.0. The second kappa shape index (κ2) is 10.9. The van der Waals surface area contributed by atoms with Crippen molar-refractivity contribution in [2.75, 3.05) is 18.4 Å². The van der Waals surface area contributed by atoms with Gasteiger partial charge in [-0.25, -0.2) is 14.4 Å². The number of para-hydroxylation sites is 1. The van der Waals surface area contributed by atoms with Crippen molar-refractivity contribution in [3.05, 3.63) is 90.7 Å². The van der Waals surface area contributed by atoms with E-state index in [0.29, 0.717) is 29.4 Å². The quantitative estimate of drug-likeness (QED) is 0.353. The lowest BCUT2D eigenvalue weighted by Crippen LogP contribution is -2.44. The van der Waals surface area contributed by atoms with Crippen molar-refractivity contribution >= 4 is 17.4 Å². The molecule has 4 rings (SSSR count). The van der Waals surface area contributed by atoms with E-state index in [9.17, 15) is 9.18 Å². The zero-order valence-corrected chi connectivity index (χ0v) is 19.6. The smallest absolute Gasteiger partial charge is 0.245 e. The lowest BCUT2D eigenvalue weighted by Gasteiger charge is -2.36. The Bertz CT molecular complexity index is 1220. The van der Waals surface area contributed by atoms with Crippen LogP contribution in [0.25, 0.3) is 0 Å². The van der Waals surface area contributed by atoms with Gasteiger partial charge in [0.05, 0.1) is 11.3 Å². The van der Waals surface area contributed by atoms with Crippen LogP contribution in [0.2, 0.25) is 0 Å². The van der Waals surface area contributed by atoms with E-state index in [0.717, 1.165) is 19.4 Å². The van der Waals surface area contributed by atoms with E-state index < -0.39 is 5.82 Å². The van der Waals surface area contributed by atoms with Gasteiger partial charge in [-0.05, 0) is 56.0 Å². The summed E-state index contributed by atoms with van der Waals surface area (Å²) in [5.74, 6) is 0.961. The first-order valence-corrected chi connectivity index (χ1v) is 11.6. The summed E-state index contributed by atoms with van der Waals surface area (Å²) in [5, 5.41) is 12.1. The molecule has 0 radical (unpaired) electrons. The molecule has 1 aromatic heterocycles. The van der Waals surface area contributed by atoms with E-state index in [4.69, 9.17) is 10.1 Å². The van der Waals surface area contributed by atoms with Crippen molar-refractivity contribution in [1.82, 2.24) is 14.9 Å². The SMILES string of the molecule is C=CC(=O)N1CCCC([C@H](C)Nc2ncncc2C(=N)c2ccc(Oc3ccccc3)cc2F)C1. The van der Waals surface area contributed by atoms with Gasteiger partial charge in [-0.2, -0.15) is 0 Å². The van der Waals surface area contributed by atoms with Gasteiger partial charge in [-0.15, -0.1) is 0 Å². The molecule has 2 heterocycles. The van der Waals surface area contributed by atoms with Crippen LogP contribution in [0.5, 0.6) is 11.5 Å². The minimum Gasteiger partial charge on any atom is -0.457 e. The summed E-state index contributed by atoms with van der Waals surface area (Å²) >= 11 is 0. The molecule has 180 valence electrons. The topological polar surface area (TPSA) is 91.2 Å². The molecule has 1 saturated heterocycles. The highest BCUT2D eigenvalue weighted by Crippen LogP contribution is 2.27. The third kappa shape index (κ3) is 5.71. The Hall–Kier alpha value is -4.07. The molecule has 2 aromatic carbocycles. The van der Waals surface area contributed by atoms with Crippen molar-refractivity contribution in [1.29, 1.82) is 5.41 Å². The van der Waals surface area contributed by atoms with Crippen LogP contribution in [0.15, 0.2) is 73.7 Å². The first kappa shape index (κ1) is 24.1. The molecule has 0 spiro atoms. The maximum absolute atomic E-state index is 15.0. The van der Waals surface area contributed by atoms with E-state index >= 15 is 0 Å². The summed E-state index contributed by atoms with van der Waals surface area (Å²) in [6.45, 7) is 6.95. The zero-order valence-electron chi connectivity index (χ0n) is 19.6. The Kier molecular flexibility index (Phi) is 7.50. The highest BCUT2D eigenvalue weighted by molar-refractivity contribution is 6.13. The number of hydrogen-bond acceptors (Lipinski definition) is 6. The molecule has 0 bridgehead atoms. The summed E-state index contributed by atoms with van der Waals surface area (Å²) in [6, 6.07) is 13.5. The summed E-state index contributed by atoms with van der Waals surface area (Å²) in [7, 11) is 0. The van der Waals surface area contributed by atoms with Gasteiger partial charge in [0, 0.05) is 37.0 Å². The highest BCUT2D eigenvalue weighted by Gasteiger charge is 2.27. The maximum Gasteiger partial charge on any atom is 0.245 e. The molecule has 3 aromatic rings. The fraction of sp³-hybridized carbons (Fsp3) is 0.259. The average molecular weight is 474 g/mol. The van der Waals surface area contributed by atoms with Crippen LogP contribution in [0, 0.1) is 17.1 Å². The van der Waals surface area contributed by atoms with Crippen molar-refractivity contribution in [3.63, 3.8) is 0 Å². The molecule has 35 heavy (non-hydrogen) atoms. The highest BCUT2D eigenvalue weighted by atomic mass is 19.1. The number of benzene rings is 2. The fourth-order valence-corrected chi connectivity index (χ4v) is 4.24. The van der Waals surface area contributed by atoms with Gasteiger partial charge in [-0.1, -0.05) is 24.8 Å². The van der Waals surface area contributed by atoms with Gasteiger partial charge < -0.3 is 15.0 Å². The third-order valence-corrected chi connectivity index (χ3v) is 6.19. The minimum atomic E-state index is -0.572. The van der Waals surface area contributed by atoms with Crippen molar-refractivity contribution < 1.29 is 13.9 Å². The normalized spacial score (nSPS) is 16.3. The molecule has 1 amide bonds. The molecule has 0 saturated carbocycles. The number of amides is 1. The van der Waals surface area contributed by atoms with Crippen LogP contribution < -0.4 is 10.1 Å². The van der Waals surface area contributed by atoms with Crippen LogP contribution >= 0.6 is 0 Å². The Labute approximate surface area is 204 Å². The second-order valence-corrected chi connectivity index (χ2v) is 8.54. The van der Waals surface area contributed by atoms with E-state index in [1.54, 1.807) is 23.1 Å². The van der Waals surface area contributed by atoms with Gasteiger partial charge in [0.15, 0.2) is 0 Å². The number of rotatable bonds is 8. The van der Waals surface area contributed by atoms with Crippen LogP contribution in [0.1, 0.15) is 30.9 Å². The minimum absolute atomic E-state index is 0.0247.